The van der Waals surface area contributed by atoms with Crippen LogP contribution < -0.4 is 0 Å². The van der Waals surface area contributed by atoms with Crippen LogP contribution in [0.4, 0.5) is 0 Å². The van der Waals surface area contributed by atoms with Gasteiger partial charge in [0, 0.05) is 31.0 Å². The lowest BCUT2D eigenvalue weighted by atomic mass is 10.1. The van der Waals surface area contributed by atoms with Crippen LogP contribution in [-0.2, 0) is 14.3 Å². The molecule has 6 nitrogen and oxygen atoms in total. The summed E-state index contributed by atoms with van der Waals surface area (Å²) in [5, 5.41) is 11.0. The van der Waals surface area contributed by atoms with Gasteiger partial charge in [-0.15, -0.1) is 0 Å². The minimum atomic E-state index is -0.702. The zero-order chi connectivity index (χ0) is 16.3. The normalized spacial score (nSPS) is 13.0. The van der Waals surface area contributed by atoms with Crippen molar-refractivity contribution in [2.75, 3.05) is 13.2 Å². The van der Waals surface area contributed by atoms with Crippen LogP contribution in [0, 0.1) is 10.1 Å². The number of carbonyl (C=O) groups is 1. The standard InChI is InChI=1S/C15H29NO5/c1-5-6-11-20-12-7-8-13(16(18)19)9-10-14(17)21-15(2,3)4/h13H,5-12H2,1-4H3. The third kappa shape index (κ3) is 12.3. The van der Waals surface area contributed by atoms with Crippen molar-refractivity contribution in [1.82, 2.24) is 0 Å². The van der Waals surface area contributed by atoms with E-state index < -0.39 is 11.6 Å². The van der Waals surface area contributed by atoms with Crippen molar-refractivity contribution >= 4 is 5.97 Å². The molecule has 0 aliphatic heterocycles. The Morgan fingerprint density at radius 3 is 2.33 bits per heavy atom. The van der Waals surface area contributed by atoms with Crippen molar-refractivity contribution in [2.24, 2.45) is 0 Å². The van der Waals surface area contributed by atoms with Gasteiger partial charge in [0.1, 0.15) is 5.60 Å². The highest BCUT2D eigenvalue weighted by molar-refractivity contribution is 5.69. The Bertz CT molecular complexity index is 312. The molecule has 1 atom stereocenters. The molecule has 0 N–H and O–H groups in total. The van der Waals surface area contributed by atoms with Gasteiger partial charge in [-0.2, -0.15) is 0 Å². The van der Waals surface area contributed by atoms with Crippen LogP contribution in [0.3, 0.4) is 0 Å². The van der Waals surface area contributed by atoms with Crippen molar-refractivity contribution in [1.29, 1.82) is 0 Å². The van der Waals surface area contributed by atoms with Gasteiger partial charge >= 0.3 is 5.97 Å². The Labute approximate surface area is 127 Å². The third-order valence-electron chi connectivity index (χ3n) is 2.87. The molecule has 0 saturated heterocycles. The first-order chi connectivity index (χ1) is 9.76. The molecule has 0 rings (SSSR count). The van der Waals surface area contributed by atoms with Gasteiger partial charge < -0.3 is 9.47 Å². The van der Waals surface area contributed by atoms with Gasteiger partial charge in [-0.1, -0.05) is 13.3 Å². The summed E-state index contributed by atoms with van der Waals surface area (Å²) in [6, 6.07) is -0.702. The Morgan fingerprint density at radius 2 is 1.81 bits per heavy atom. The minimum absolute atomic E-state index is 0.0829. The van der Waals surface area contributed by atoms with Gasteiger partial charge in [0.25, 0.3) is 0 Å². The second-order valence-electron chi connectivity index (χ2n) is 6.17. The van der Waals surface area contributed by atoms with E-state index in [9.17, 15) is 14.9 Å². The van der Waals surface area contributed by atoms with Crippen LogP contribution in [0.15, 0.2) is 0 Å². The van der Waals surface area contributed by atoms with Crippen molar-refractivity contribution in [3.05, 3.63) is 10.1 Å². The fourth-order valence-electron chi connectivity index (χ4n) is 1.80. The van der Waals surface area contributed by atoms with Gasteiger partial charge in [0.2, 0.25) is 6.04 Å². The van der Waals surface area contributed by atoms with Crippen LogP contribution in [0.25, 0.3) is 0 Å². The summed E-state index contributed by atoms with van der Waals surface area (Å²) in [5.74, 6) is -0.381. The molecule has 0 aromatic rings. The van der Waals surface area contributed by atoms with Crippen LogP contribution >= 0.6 is 0 Å². The summed E-state index contributed by atoms with van der Waals surface area (Å²) < 4.78 is 10.5. The van der Waals surface area contributed by atoms with E-state index in [0.717, 1.165) is 12.8 Å². The highest BCUT2D eigenvalue weighted by atomic mass is 16.6. The molecule has 0 spiro atoms. The summed E-state index contributed by atoms with van der Waals surface area (Å²) in [6.45, 7) is 8.67. The maximum Gasteiger partial charge on any atom is 0.306 e. The fraction of sp³-hybridized carbons (Fsp3) is 0.933. The van der Waals surface area contributed by atoms with E-state index in [-0.39, 0.29) is 23.7 Å². The first-order valence-electron chi connectivity index (χ1n) is 7.69. The number of carbonyl (C=O) groups excluding carboxylic acids is 1. The number of nitrogens with zero attached hydrogens (tertiary/aromatic N) is 1. The molecule has 0 aliphatic carbocycles. The smallest absolute Gasteiger partial charge is 0.306 e. The van der Waals surface area contributed by atoms with Gasteiger partial charge in [0.05, 0.1) is 6.42 Å². The fourth-order valence-corrected chi connectivity index (χ4v) is 1.80. The van der Waals surface area contributed by atoms with Gasteiger partial charge in [0.15, 0.2) is 0 Å². The largest absolute Gasteiger partial charge is 0.460 e. The van der Waals surface area contributed by atoms with E-state index in [1.807, 2.05) is 0 Å². The average molecular weight is 303 g/mol. The topological polar surface area (TPSA) is 78.7 Å². The Balaban J connectivity index is 3.92. The molecule has 0 aromatic carbocycles. The lowest BCUT2D eigenvalue weighted by Crippen LogP contribution is -2.26. The number of ether oxygens (including phenoxy) is 2. The maximum absolute atomic E-state index is 11.6. The van der Waals surface area contributed by atoms with Crippen LogP contribution in [0.5, 0.6) is 0 Å². The number of unbranched alkanes of at least 4 members (excludes halogenated alkanes) is 1. The van der Waals surface area contributed by atoms with Gasteiger partial charge in [-0.25, -0.2) is 0 Å². The highest BCUT2D eigenvalue weighted by Gasteiger charge is 2.23. The molecule has 0 amide bonds. The monoisotopic (exact) mass is 303 g/mol. The van der Waals surface area contributed by atoms with Gasteiger partial charge in [-0.3, -0.25) is 14.9 Å². The van der Waals surface area contributed by atoms with Crippen LogP contribution in [0.2, 0.25) is 0 Å². The highest BCUT2D eigenvalue weighted by Crippen LogP contribution is 2.13. The molecule has 0 saturated carbocycles. The van der Waals surface area contributed by atoms with E-state index in [0.29, 0.717) is 26.1 Å². The SMILES string of the molecule is CCCCOCCCC(CCC(=O)OC(C)(C)C)[N+](=O)[O-]. The molecule has 0 bridgehead atoms. The number of rotatable bonds is 11. The predicted octanol–water partition coefficient (Wildman–Crippen LogP) is 3.35. The summed E-state index contributed by atoms with van der Waals surface area (Å²) in [4.78, 5) is 22.2. The second-order valence-corrected chi connectivity index (χ2v) is 6.17. The molecule has 0 fully saturated rings. The average Bonchev–Trinajstić information content (AvgIpc) is 2.34. The lowest BCUT2D eigenvalue weighted by molar-refractivity contribution is -0.524. The van der Waals surface area contributed by atoms with E-state index >= 15 is 0 Å². The van der Waals surface area contributed by atoms with Crippen LogP contribution in [0.1, 0.15) is 66.2 Å². The lowest BCUT2D eigenvalue weighted by Gasteiger charge is -2.19. The van der Waals surface area contributed by atoms with E-state index in [1.165, 1.54) is 0 Å². The molecule has 0 heterocycles. The third-order valence-corrected chi connectivity index (χ3v) is 2.87. The number of nitro groups is 1. The number of hydrogen-bond donors (Lipinski definition) is 0. The maximum atomic E-state index is 11.6. The number of esters is 1. The van der Waals surface area contributed by atoms with Gasteiger partial charge in [-0.05, 0) is 33.6 Å². The van der Waals surface area contributed by atoms with Crippen molar-refractivity contribution in [3.8, 4) is 0 Å². The van der Waals surface area contributed by atoms with E-state index in [1.54, 1.807) is 20.8 Å². The minimum Gasteiger partial charge on any atom is -0.460 e. The Kier molecular flexibility index (Phi) is 9.95. The summed E-state index contributed by atoms with van der Waals surface area (Å²) in [7, 11) is 0. The molecular weight excluding hydrogens is 274 g/mol. The van der Waals surface area contributed by atoms with E-state index in [4.69, 9.17) is 9.47 Å². The summed E-state index contributed by atoms with van der Waals surface area (Å²) >= 11 is 0. The number of hydrogen-bond acceptors (Lipinski definition) is 5. The molecule has 0 radical (unpaired) electrons. The first kappa shape index (κ1) is 19.8. The zero-order valence-electron chi connectivity index (χ0n) is 13.7. The quantitative estimate of drug-likeness (QED) is 0.253. The predicted molar refractivity (Wildman–Crippen MR) is 80.8 cm³/mol. The van der Waals surface area contributed by atoms with Crippen molar-refractivity contribution < 1.29 is 19.2 Å². The molecule has 1 unspecified atom stereocenters. The first-order valence-corrected chi connectivity index (χ1v) is 7.69. The molecule has 0 aliphatic rings. The molecule has 6 heteroatoms. The van der Waals surface area contributed by atoms with Crippen LogP contribution in [-0.4, -0.2) is 35.7 Å². The molecule has 21 heavy (non-hydrogen) atoms. The molecular formula is C15H29NO5. The second kappa shape index (κ2) is 10.5. The van der Waals surface area contributed by atoms with Crippen molar-refractivity contribution in [2.45, 2.75) is 77.9 Å². The summed E-state index contributed by atoms with van der Waals surface area (Å²) in [5.41, 5.74) is -0.547. The molecule has 124 valence electrons. The van der Waals surface area contributed by atoms with Crippen molar-refractivity contribution in [3.63, 3.8) is 0 Å². The Hall–Kier alpha value is -1.17. The Morgan fingerprint density at radius 1 is 1.19 bits per heavy atom. The summed E-state index contributed by atoms with van der Waals surface area (Å²) in [6.07, 6.45) is 3.47. The van der Waals surface area contributed by atoms with E-state index in [2.05, 4.69) is 6.92 Å². The zero-order valence-corrected chi connectivity index (χ0v) is 13.7. The molecule has 0 aromatic heterocycles.